The van der Waals surface area contributed by atoms with E-state index in [1.807, 2.05) is 0 Å². The molecule has 1 aromatic heterocycles. The lowest BCUT2D eigenvalue weighted by molar-refractivity contribution is -0.137. The van der Waals surface area contributed by atoms with Crippen molar-refractivity contribution in [1.82, 2.24) is 0 Å². The third kappa shape index (κ3) is 5.96. The van der Waals surface area contributed by atoms with Gasteiger partial charge in [-0.25, -0.2) is 4.79 Å². The quantitative estimate of drug-likeness (QED) is 0.429. The summed E-state index contributed by atoms with van der Waals surface area (Å²) < 4.78 is 48.9. The van der Waals surface area contributed by atoms with Gasteiger partial charge in [0, 0.05) is 5.69 Å². The number of hydrogen-bond donors (Lipinski definition) is 2. The molecule has 0 bridgehead atoms. The van der Waals surface area contributed by atoms with Gasteiger partial charge >= 0.3 is 12.1 Å². The predicted octanol–water partition coefficient (Wildman–Crippen LogP) is 5.70. The third-order valence-corrected chi connectivity index (χ3v) is 5.00. The summed E-state index contributed by atoms with van der Waals surface area (Å²) in [7, 11) is 0. The normalized spacial score (nSPS) is 12.1. The summed E-state index contributed by atoms with van der Waals surface area (Å²) in [4.78, 5) is 37.1. The Morgan fingerprint density at radius 3 is 2.41 bits per heavy atom. The first-order chi connectivity index (χ1) is 16.0. The van der Waals surface area contributed by atoms with Crippen LogP contribution >= 0.6 is 11.6 Å². The first-order valence-corrected chi connectivity index (χ1v) is 10.2. The molecule has 2 N–H and O–H groups in total. The molecule has 2 amide bonds. The van der Waals surface area contributed by atoms with Crippen LogP contribution in [-0.2, 0) is 15.7 Å². The van der Waals surface area contributed by atoms with Crippen molar-refractivity contribution in [3.05, 3.63) is 82.3 Å². The maximum Gasteiger partial charge on any atom is 0.416 e. The molecule has 7 nitrogen and oxygen atoms in total. The molecule has 0 aliphatic carbocycles. The molecule has 0 saturated carbocycles. The Labute approximate surface area is 196 Å². The van der Waals surface area contributed by atoms with Gasteiger partial charge in [-0.1, -0.05) is 17.7 Å². The number of halogens is 4. The van der Waals surface area contributed by atoms with Gasteiger partial charge in [0.2, 0.25) is 0 Å². The zero-order valence-corrected chi connectivity index (χ0v) is 18.6. The summed E-state index contributed by atoms with van der Waals surface area (Å²) in [5, 5.41) is 4.72. The fraction of sp³-hybridized carbons (Fsp3) is 0.174. The van der Waals surface area contributed by atoms with E-state index in [-0.39, 0.29) is 22.0 Å². The van der Waals surface area contributed by atoms with Crippen LogP contribution in [0, 0.1) is 6.92 Å². The van der Waals surface area contributed by atoms with E-state index < -0.39 is 35.6 Å². The van der Waals surface area contributed by atoms with Crippen LogP contribution in [-0.4, -0.2) is 23.9 Å². The van der Waals surface area contributed by atoms with E-state index in [0.717, 1.165) is 12.1 Å². The Hall–Kier alpha value is -3.79. The molecule has 3 aromatic rings. The zero-order valence-electron chi connectivity index (χ0n) is 17.8. The van der Waals surface area contributed by atoms with Crippen LogP contribution in [0.1, 0.15) is 39.0 Å². The highest BCUT2D eigenvalue weighted by Gasteiger charge is 2.31. The summed E-state index contributed by atoms with van der Waals surface area (Å²) in [6.07, 6.45) is -4.65. The predicted molar refractivity (Wildman–Crippen MR) is 118 cm³/mol. The first-order valence-electron chi connectivity index (χ1n) is 9.80. The minimum atomic E-state index is -4.63. The Morgan fingerprint density at radius 2 is 1.76 bits per heavy atom. The summed E-state index contributed by atoms with van der Waals surface area (Å²) in [5.74, 6) is -2.21. The minimum Gasteiger partial charge on any atom is -0.459 e. The molecule has 0 spiro atoms. The monoisotopic (exact) mass is 494 g/mol. The van der Waals surface area contributed by atoms with Gasteiger partial charge in [-0.3, -0.25) is 9.59 Å². The molecule has 2 aromatic carbocycles. The van der Waals surface area contributed by atoms with E-state index in [9.17, 15) is 27.6 Å². The number of carbonyl (C=O) groups is 3. The fourth-order valence-corrected chi connectivity index (χ4v) is 2.95. The van der Waals surface area contributed by atoms with Crippen molar-refractivity contribution >= 4 is 40.8 Å². The van der Waals surface area contributed by atoms with Crippen LogP contribution in [0.4, 0.5) is 24.5 Å². The van der Waals surface area contributed by atoms with Crippen molar-refractivity contribution in [2.45, 2.75) is 26.1 Å². The Balaban J connectivity index is 1.68. The number of nitrogens with one attached hydrogen (secondary N) is 2. The maximum atomic E-state index is 12.9. The standard InChI is InChI=1S/C23H18ClF3N2O5/c1-12-5-6-14(10-17(12)28-21(31)19-4-3-9-33-19)22(32)34-13(2)20(30)29-18-11-15(23(25,26)27)7-8-16(18)24/h3-11,13H,1-2H3,(H,28,31)(H,29,30). The highest BCUT2D eigenvalue weighted by molar-refractivity contribution is 6.33. The summed E-state index contributed by atoms with van der Waals surface area (Å²) >= 11 is 5.88. The number of hydrogen-bond acceptors (Lipinski definition) is 5. The van der Waals surface area contributed by atoms with E-state index >= 15 is 0 Å². The van der Waals surface area contributed by atoms with Gasteiger partial charge in [0.25, 0.3) is 11.8 Å². The molecule has 0 fully saturated rings. The zero-order chi connectivity index (χ0) is 25.0. The van der Waals surface area contributed by atoms with E-state index in [1.165, 1.54) is 31.4 Å². The second-order valence-corrected chi connectivity index (χ2v) is 7.60. The van der Waals surface area contributed by atoms with Crippen LogP contribution < -0.4 is 10.6 Å². The highest BCUT2D eigenvalue weighted by atomic mass is 35.5. The number of anilines is 2. The number of amides is 2. The molecule has 178 valence electrons. The van der Waals surface area contributed by atoms with Crippen molar-refractivity contribution < 1.29 is 36.7 Å². The molecule has 0 aliphatic heterocycles. The minimum absolute atomic E-state index is 0.0390. The van der Waals surface area contributed by atoms with Gasteiger partial charge in [0.1, 0.15) is 0 Å². The van der Waals surface area contributed by atoms with Crippen molar-refractivity contribution in [3.8, 4) is 0 Å². The molecule has 0 radical (unpaired) electrons. The number of aryl methyl sites for hydroxylation is 1. The van der Waals surface area contributed by atoms with Gasteiger partial charge in [0.05, 0.1) is 28.1 Å². The molecule has 1 unspecified atom stereocenters. The van der Waals surface area contributed by atoms with Crippen molar-refractivity contribution in [2.24, 2.45) is 0 Å². The Morgan fingerprint density at radius 1 is 1.03 bits per heavy atom. The van der Waals surface area contributed by atoms with Gasteiger partial charge in [-0.2, -0.15) is 13.2 Å². The number of benzene rings is 2. The van der Waals surface area contributed by atoms with E-state index in [0.29, 0.717) is 17.3 Å². The van der Waals surface area contributed by atoms with Crippen molar-refractivity contribution in [2.75, 3.05) is 10.6 Å². The topological polar surface area (TPSA) is 97.6 Å². The molecule has 0 aliphatic rings. The van der Waals surface area contributed by atoms with Crippen LogP contribution in [0.3, 0.4) is 0 Å². The lowest BCUT2D eigenvalue weighted by Crippen LogP contribution is -2.30. The highest BCUT2D eigenvalue weighted by Crippen LogP contribution is 2.34. The van der Waals surface area contributed by atoms with E-state index in [2.05, 4.69) is 10.6 Å². The Kier molecular flexibility index (Phi) is 7.31. The van der Waals surface area contributed by atoms with Crippen LogP contribution in [0.15, 0.2) is 59.2 Å². The average molecular weight is 495 g/mol. The van der Waals surface area contributed by atoms with Crippen LogP contribution in [0.5, 0.6) is 0 Å². The number of esters is 1. The molecule has 1 heterocycles. The summed E-state index contributed by atoms with van der Waals surface area (Å²) in [5.41, 5.74) is -0.259. The second kappa shape index (κ2) is 10.0. The molecule has 11 heteroatoms. The number of ether oxygens (including phenoxy) is 1. The Bertz CT molecular complexity index is 1230. The number of alkyl halides is 3. The molecule has 34 heavy (non-hydrogen) atoms. The number of rotatable bonds is 6. The molecular formula is C23H18ClF3N2O5. The summed E-state index contributed by atoms with van der Waals surface area (Å²) in [6.45, 7) is 2.96. The van der Waals surface area contributed by atoms with Gasteiger partial charge in [-0.15, -0.1) is 0 Å². The molecule has 1 atom stereocenters. The van der Waals surface area contributed by atoms with Crippen LogP contribution in [0.2, 0.25) is 5.02 Å². The van der Waals surface area contributed by atoms with Gasteiger partial charge < -0.3 is 19.8 Å². The average Bonchev–Trinajstić information content (AvgIpc) is 3.31. The first kappa shape index (κ1) is 24.8. The van der Waals surface area contributed by atoms with E-state index in [4.69, 9.17) is 20.8 Å². The number of carbonyl (C=O) groups excluding carboxylic acids is 3. The number of furan rings is 1. The maximum absolute atomic E-state index is 12.9. The molecular weight excluding hydrogens is 477 g/mol. The third-order valence-electron chi connectivity index (χ3n) is 4.67. The fourth-order valence-electron chi connectivity index (χ4n) is 2.79. The van der Waals surface area contributed by atoms with Gasteiger partial charge in [-0.05, 0) is 61.9 Å². The smallest absolute Gasteiger partial charge is 0.416 e. The second-order valence-electron chi connectivity index (χ2n) is 7.19. The van der Waals surface area contributed by atoms with E-state index in [1.54, 1.807) is 19.1 Å². The van der Waals surface area contributed by atoms with Gasteiger partial charge in [0.15, 0.2) is 11.9 Å². The largest absolute Gasteiger partial charge is 0.459 e. The SMILES string of the molecule is Cc1ccc(C(=O)OC(C)C(=O)Nc2cc(C(F)(F)F)ccc2Cl)cc1NC(=O)c1ccco1. The molecule has 3 rings (SSSR count). The summed E-state index contributed by atoms with van der Waals surface area (Å²) in [6, 6.07) is 9.86. The van der Waals surface area contributed by atoms with Crippen molar-refractivity contribution in [3.63, 3.8) is 0 Å². The molecule has 0 saturated heterocycles. The van der Waals surface area contributed by atoms with Crippen LogP contribution in [0.25, 0.3) is 0 Å². The lowest BCUT2D eigenvalue weighted by atomic mass is 10.1. The lowest BCUT2D eigenvalue weighted by Gasteiger charge is -2.16. The van der Waals surface area contributed by atoms with Crippen molar-refractivity contribution in [1.29, 1.82) is 0 Å².